The molecule has 0 saturated carbocycles. The molecule has 2 amide bonds. The van der Waals surface area contributed by atoms with Gasteiger partial charge in [-0.2, -0.15) is 13.2 Å². The summed E-state index contributed by atoms with van der Waals surface area (Å²) >= 11 is 0. The predicted molar refractivity (Wildman–Crippen MR) is 83.3 cm³/mol. The number of carbonyl (C=O) groups excluding carboxylic acids is 2. The number of hydrogen-bond acceptors (Lipinski definition) is 3. The molecule has 0 aliphatic carbocycles. The third-order valence-corrected chi connectivity index (χ3v) is 3.41. The molecule has 5 nitrogen and oxygen atoms in total. The van der Waals surface area contributed by atoms with Crippen LogP contribution in [0.15, 0.2) is 18.2 Å². The van der Waals surface area contributed by atoms with E-state index in [0.29, 0.717) is 6.42 Å². The summed E-state index contributed by atoms with van der Waals surface area (Å²) in [6, 6.07) is 2.74. The molecule has 0 fully saturated rings. The molecule has 8 heteroatoms. The first-order valence-electron chi connectivity index (χ1n) is 7.45. The quantitative estimate of drug-likeness (QED) is 0.717. The van der Waals surface area contributed by atoms with E-state index in [2.05, 4.69) is 10.6 Å². The Morgan fingerprint density at radius 2 is 1.83 bits per heavy atom. The Kier molecular flexibility index (Phi) is 6.77. The van der Waals surface area contributed by atoms with Gasteiger partial charge >= 0.3 is 18.0 Å². The van der Waals surface area contributed by atoms with E-state index in [0.717, 1.165) is 12.1 Å². The van der Waals surface area contributed by atoms with Crippen molar-refractivity contribution in [2.75, 3.05) is 11.9 Å². The van der Waals surface area contributed by atoms with Crippen LogP contribution in [0.25, 0.3) is 0 Å². The first kappa shape index (κ1) is 20.0. The molecule has 134 valence electrons. The molecule has 0 saturated heterocycles. The lowest BCUT2D eigenvalue weighted by Gasteiger charge is -2.18. The van der Waals surface area contributed by atoms with Gasteiger partial charge in [-0.15, -0.1) is 0 Å². The molecule has 1 aromatic rings. The Balaban J connectivity index is 2.83. The third kappa shape index (κ3) is 5.52. The zero-order valence-corrected chi connectivity index (χ0v) is 13.7. The Morgan fingerprint density at radius 1 is 1.21 bits per heavy atom. The maximum Gasteiger partial charge on any atom is 0.416 e. The van der Waals surface area contributed by atoms with E-state index in [-0.39, 0.29) is 23.8 Å². The smallest absolute Gasteiger partial charge is 0.394 e. The zero-order valence-electron chi connectivity index (χ0n) is 13.7. The van der Waals surface area contributed by atoms with Gasteiger partial charge in [0, 0.05) is 5.69 Å². The van der Waals surface area contributed by atoms with Crippen molar-refractivity contribution in [3.63, 3.8) is 0 Å². The van der Waals surface area contributed by atoms with Crippen LogP contribution < -0.4 is 10.6 Å². The fraction of sp³-hybridized carbons (Fsp3) is 0.500. The van der Waals surface area contributed by atoms with Gasteiger partial charge in [0.1, 0.15) is 0 Å². The second kappa shape index (κ2) is 8.14. The van der Waals surface area contributed by atoms with Gasteiger partial charge in [0.05, 0.1) is 18.2 Å². The number of alkyl halides is 3. The number of halogens is 3. The lowest BCUT2D eigenvalue weighted by Crippen LogP contribution is -2.44. The molecule has 1 rings (SSSR count). The zero-order chi connectivity index (χ0) is 18.5. The van der Waals surface area contributed by atoms with Gasteiger partial charge in [-0.25, -0.2) is 0 Å². The standard InChI is InChI=1S/C16H21F3N2O3/c1-9(2)7-11(8-22)20-14(23)15(24)21-13-6-4-5-12(10(13)3)16(17,18)19/h4-6,9,11,22H,7-8H2,1-3H3,(H,20,23)(H,21,24). The predicted octanol–water partition coefficient (Wildman–Crippen LogP) is 2.48. The molecule has 0 radical (unpaired) electrons. The van der Waals surface area contributed by atoms with Crippen molar-refractivity contribution in [1.29, 1.82) is 0 Å². The maximum atomic E-state index is 12.8. The van der Waals surface area contributed by atoms with Gasteiger partial charge in [0.15, 0.2) is 0 Å². The molecule has 0 aromatic heterocycles. The molecule has 0 aliphatic heterocycles. The van der Waals surface area contributed by atoms with Crippen LogP contribution in [0, 0.1) is 12.8 Å². The first-order valence-corrected chi connectivity index (χ1v) is 7.45. The molecule has 0 aliphatic rings. The van der Waals surface area contributed by atoms with Crippen molar-refractivity contribution >= 4 is 17.5 Å². The van der Waals surface area contributed by atoms with Crippen LogP contribution in [-0.2, 0) is 15.8 Å². The molecule has 24 heavy (non-hydrogen) atoms. The Morgan fingerprint density at radius 3 is 2.33 bits per heavy atom. The Bertz CT molecular complexity index is 601. The van der Waals surface area contributed by atoms with Gasteiger partial charge in [-0.05, 0) is 37.0 Å². The molecule has 1 aromatic carbocycles. The molecule has 1 unspecified atom stereocenters. The summed E-state index contributed by atoms with van der Waals surface area (Å²) in [6.45, 7) is 4.66. The van der Waals surface area contributed by atoms with Crippen molar-refractivity contribution in [3.05, 3.63) is 29.3 Å². The highest BCUT2D eigenvalue weighted by Gasteiger charge is 2.33. The number of aliphatic hydroxyl groups is 1. The van der Waals surface area contributed by atoms with Crippen LogP contribution >= 0.6 is 0 Å². The summed E-state index contributed by atoms with van der Waals surface area (Å²) in [7, 11) is 0. The summed E-state index contributed by atoms with van der Waals surface area (Å²) in [6.07, 6.45) is -4.08. The van der Waals surface area contributed by atoms with Crippen LogP contribution in [0.4, 0.5) is 18.9 Å². The van der Waals surface area contributed by atoms with E-state index < -0.39 is 29.6 Å². The highest BCUT2D eigenvalue weighted by atomic mass is 19.4. The number of benzene rings is 1. The molecule has 0 bridgehead atoms. The fourth-order valence-corrected chi connectivity index (χ4v) is 2.26. The maximum absolute atomic E-state index is 12.8. The van der Waals surface area contributed by atoms with E-state index >= 15 is 0 Å². The second-order valence-electron chi connectivity index (χ2n) is 5.91. The van der Waals surface area contributed by atoms with E-state index in [1.807, 2.05) is 13.8 Å². The second-order valence-corrected chi connectivity index (χ2v) is 5.91. The number of amides is 2. The summed E-state index contributed by atoms with van der Waals surface area (Å²) in [5.74, 6) is -1.90. The molecule has 0 spiro atoms. The monoisotopic (exact) mass is 346 g/mol. The summed E-state index contributed by atoms with van der Waals surface area (Å²) < 4.78 is 38.5. The molecule has 1 atom stereocenters. The van der Waals surface area contributed by atoms with E-state index in [1.165, 1.54) is 13.0 Å². The van der Waals surface area contributed by atoms with Gasteiger partial charge in [-0.3, -0.25) is 9.59 Å². The molecular weight excluding hydrogens is 325 g/mol. The fourth-order valence-electron chi connectivity index (χ4n) is 2.26. The number of rotatable bonds is 5. The number of carbonyl (C=O) groups is 2. The molecule has 0 heterocycles. The van der Waals surface area contributed by atoms with E-state index in [4.69, 9.17) is 0 Å². The third-order valence-electron chi connectivity index (χ3n) is 3.41. The normalized spacial score (nSPS) is 12.8. The van der Waals surface area contributed by atoms with Crippen molar-refractivity contribution < 1.29 is 27.9 Å². The van der Waals surface area contributed by atoms with Crippen molar-refractivity contribution in [2.45, 2.75) is 39.4 Å². The molecule has 3 N–H and O–H groups in total. The van der Waals surface area contributed by atoms with Crippen LogP contribution in [0.2, 0.25) is 0 Å². The lowest BCUT2D eigenvalue weighted by atomic mass is 10.0. The van der Waals surface area contributed by atoms with Gasteiger partial charge in [-0.1, -0.05) is 19.9 Å². The number of nitrogens with one attached hydrogen (secondary N) is 2. The van der Waals surface area contributed by atoms with Crippen LogP contribution in [-0.4, -0.2) is 29.6 Å². The molecular formula is C16H21F3N2O3. The Labute approximate surface area is 138 Å². The number of aliphatic hydroxyl groups excluding tert-OH is 1. The Hall–Kier alpha value is -2.09. The average Bonchev–Trinajstić information content (AvgIpc) is 2.46. The average molecular weight is 346 g/mol. The highest BCUT2D eigenvalue weighted by Crippen LogP contribution is 2.34. The summed E-state index contributed by atoms with van der Waals surface area (Å²) in [5.41, 5.74) is -1.14. The minimum Gasteiger partial charge on any atom is -0.394 e. The first-order chi connectivity index (χ1) is 11.1. The SMILES string of the molecule is Cc1c(NC(=O)C(=O)NC(CO)CC(C)C)cccc1C(F)(F)F. The van der Waals surface area contributed by atoms with Gasteiger partial charge in [0.2, 0.25) is 0 Å². The van der Waals surface area contributed by atoms with Gasteiger partial charge in [0.25, 0.3) is 0 Å². The van der Waals surface area contributed by atoms with Crippen LogP contribution in [0.5, 0.6) is 0 Å². The summed E-state index contributed by atoms with van der Waals surface area (Å²) in [4.78, 5) is 23.7. The van der Waals surface area contributed by atoms with Crippen LogP contribution in [0.1, 0.15) is 31.4 Å². The topological polar surface area (TPSA) is 78.4 Å². The minimum atomic E-state index is -4.55. The summed E-state index contributed by atoms with van der Waals surface area (Å²) in [5, 5.41) is 13.7. The van der Waals surface area contributed by atoms with Crippen molar-refractivity contribution in [1.82, 2.24) is 5.32 Å². The van der Waals surface area contributed by atoms with Crippen LogP contribution in [0.3, 0.4) is 0 Å². The lowest BCUT2D eigenvalue weighted by molar-refractivity contribution is -0.138. The number of anilines is 1. The van der Waals surface area contributed by atoms with Gasteiger partial charge < -0.3 is 15.7 Å². The van der Waals surface area contributed by atoms with Crippen molar-refractivity contribution in [2.24, 2.45) is 5.92 Å². The largest absolute Gasteiger partial charge is 0.416 e. The van der Waals surface area contributed by atoms with E-state index in [9.17, 15) is 27.9 Å². The van der Waals surface area contributed by atoms with E-state index in [1.54, 1.807) is 0 Å². The minimum absolute atomic E-state index is 0.0885. The van der Waals surface area contributed by atoms with Crippen molar-refractivity contribution in [3.8, 4) is 0 Å². The number of hydrogen-bond donors (Lipinski definition) is 3. The highest BCUT2D eigenvalue weighted by molar-refractivity contribution is 6.39.